The van der Waals surface area contributed by atoms with E-state index in [4.69, 9.17) is 23.2 Å². The van der Waals surface area contributed by atoms with Gasteiger partial charge in [-0.2, -0.15) is 13.5 Å². The third kappa shape index (κ3) is 4.22. The third-order valence-electron chi connectivity index (χ3n) is 3.02. The first-order valence-corrected chi connectivity index (χ1v) is 8.69. The van der Waals surface area contributed by atoms with Gasteiger partial charge in [0.05, 0.1) is 26.1 Å². The van der Waals surface area contributed by atoms with Crippen LogP contribution < -0.4 is 4.83 Å². The number of benzene rings is 2. The Bertz CT molecular complexity index is 930. The van der Waals surface area contributed by atoms with Crippen molar-refractivity contribution >= 4 is 45.1 Å². The molecule has 0 radical (unpaired) electrons. The molecule has 0 saturated carbocycles. The molecular weight excluding hydrogens is 377 g/mol. The van der Waals surface area contributed by atoms with Crippen LogP contribution in [0.2, 0.25) is 10.0 Å². The SMILES string of the molecule is Cc1ccc(S(=O)(=O)N/N=C\c2ccc(Cl)c(Cl)c2)cc1[N+](=O)[O-]. The number of nitrogens with one attached hydrogen (secondary N) is 1. The van der Waals surface area contributed by atoms with E-state index in [0.717, 1.165) is 6.07 Å². The number of nitro groups is 1. The normalized spacial score (nSPS) is 11.6. The van der Waals surface area contributed by atoms with Gasteiger partial charge in [-0.1, -0.05) is 35.3 Å². The molecule has 0 aliphatic rings. The van der Waals surface area contributed by atoms with Crippen LogP contribution in [0.25, 0.3) is 0 Å². The van der Waals surface area contributed by atoms with Crippen LogP contribution in [0.15, 0.2) is 46.4 Å². The second kappa shape index (κ2) is 7.16. The van der Waals surface area contributed by atoms with Gasteiger partial charge in [0.2, 0.25) is 0 Å². The fourth-order valence-electron chi connectivity index (χ4n) is 1.77. The molecule has 10 heteroatoms. The Balaban J connectivity index is 2.22. The van der Waals surface area contributed by atoms with Gasteiger partial charge >= 0.3 is 0 Å². The van der Waals surface area contributed by atoms with E-state index in [1.165, 1.54) is 31.3 Å². The highest BCUT2D eigenvalue weighted by Crippen LogP contribution is 2.23. The van der Waals surface area contributed by atoms with E-state index in [2.05, 4.69) is 5.10 Å². The Morgan fingerprint density at radius 2 is 1.88 bits per heavy atom. The number of sulfonamides is 1. The van der Waals surface area contributed by atoms with Crippen LogP contribution in [0.3, 0.4) is 0 Å². The first kappa shape index (κ1) is 18.2. The molecule has 2 aromatic rings. The molecule has 0 aliphatic carbocycles. The number of hydrazone groups is 1. The zero-order chi connectivity index (χ0) is 17.9. The zero-order valence-corrected chi connectivity index (χ0v) is 14.6. The molecule has 0 saturated heterocycles. The van der Waals surface area contributed by atoms with Crippen LogP contribution in [0.5, 0.6) is 0 Å². The van der Waals surface area contributed by atoms with Crippen molar-refractivity contribution in [3.05, 3.63) is 67.7 Å². The van der Waals surface area contributed by atoms with Crippen molar-refractivity contribution in [1.82, 2.24) is 4.83 Å². The van der Waals surface area contributed by atoms with Gasteiger partial charge in [-0.15, -0.1) is 0 Å². The summed E-state index contributed by atoms with van der Waals surface area (Å²) in [5, 5.41) is 15.2. The van der Waals surface area contributed by atoms with E-state index < -0.39 is 14.9 Å². The number of hydrogen-bond donors (Lipinski definition) is 1. The van der Waals surface area contributed by atoms with Gasteiger partial charge in [0.25, 0.3) is 15.7 Å². The van der Waals surface area contributed by atoms with E-state index in [1.807, 2.05) is 4.83 Å². The molecule has 0 aliphatic heterocycles. The number of rotatable bonds is 5. The lowest BCUT2D eigenvalue weighted by molar-refractivity contribution is -0.385. The molecule has 1 N–H and O–H groups in total. The van der Waals surface area contributed by atoms with E-state index >= 15 is 0 Å². The van der Waals surface area contributed by atoms with Crippen molar-refractivity contribution in [2.45, 2.75) is 11.8 Å². The summed E-state index contributed by atoms with van der Waals surface area (Å²) in [6, 6.07) is 8.26. The summed E-state index contributed by atoms with van der Waals surface area (Å²) in [7, 11) is -4.03. The molecule has 24 heavy (non-hydrogen) atoms. The van der Waals surface area contributed by atoms with E-state index in [0.29, 0.717) is 21.2 Å². The Kier molecular flexibility index (Phi) is 5.43. The summed E-state index contributed by atoms with van der Waals surface area (Å²) in [5.74, 6) is 0. The maximum absolute atomic E-state index is 12.1. The number of hydrogen-bond acceptors (Lipinski definition) is 5. The second-order valence-electron chi connectivity index (χ2n) is 4.73. The molecule has 0 bridgehead atoms. The monoisotopic (exact) mass is 387 g/mol. The average molecular weight is 388 g/mol. The molecule has 0 spiro atoms. The van der Waals surface area contributed by atoms with Crippen molar-refractivity contribution in [3.8, 4) is 0 Å². The van der Waals surface area contributed by atoms with Gasteiger partial charge in [-0.05, 0) is 30.7 Å². The first-order chi connectivity index (χ1) is 11.2. The van der Waals surface area contributed by atoms with E-state index in [9.17, 15) is 18.5 Å². The van der Waals surface area contributed by atoms with Crippen LogP contribution in [0.1, 0.15) is 11.1 Å². The van der Waals surface area contributed by atoms with Crippen LogP contribution in [-0.2, 0) is 10.0 Å². The van der Waals surface area contributed by atoms with Gasteiger partial charge < -0.3 is 0 Å². The van der Waals surface area contributed by atoms with Gasteiger partial charge in [0, 0.05) is 11.6 Å². The topological polar surface area (TPSA) is 102 Å². The third-order valence-corrected chi connectivity index (χ3v) is 4.98. The number of nitrogens with zero attached hydrogens (tertiary/aromatic N) is 2. The van der Waals surface area contributed by atoms with Crippen molar-refractivity contribution in [2.24, 2.45) is 5.10 Å². The van der Waals surface area contributed by atoms with E-state index in [-0.39, 0.29) is 10.6 Å². The predicted octanol–water partition coefficient (Wildman–Crippen LogP) is 3.52. The Morgan fingerprint density at radius 3 is 2.50 bits per heavy atom. The van der Waals surface area contributed by atoms with Gasteiger partial charge in [0.1, 0.15) is 0 Å². The predicted molar refractivity (Wildman–Crippen MR) is 92.2 cm³/mol. The smallest absolute Gasteiger partial charge is 0.258 e. The molecule has 0 fully saturated rings. The first-order valence-electron chi connectivity index (χ1n) is 6.45. The number of aryl methyl sites for hydroxylation is 1. The highest BCUT2D eigenvalue weighted by atomic mass is 35.5. The summed E-state index contributed by atoms with van der Waals surface area (Å²) in [4.78, 5) is 12.0. The second-order valence-corrected chi connectivity index (χ2v) is 7.21. The fourth-order valence-corrected chi connectivity index (χ4v) is 2.89. The Hall–Kier alpha value is -2.16. The lowest BCUT2D eigenvalue weighted by Crippen LogP contribution is -2.18. The van der Waals surface area contributed by atoms with Crippen molar-refractivity contribution in [3.63, 3.8) is 0 Å². The van der Waals surface area contributed by atoms with Gasteiger partial charge in [0.15, 0.2) is 0 Å². The quantitative estimate of drug-likeness (QED) is 0.481. The Labute approximate surface area is 148 Å². The maximum atomic E-state index is 12.1. The summed E-state index contributed by atoms with van der Waals surface area (Å²) in [6.45, 7) is 1.52. The summed E-state index contributed by atoms with van der Waals surface area (Å²) in [6.07, 6.45) is 1.24. The minimum absolute atomic E-state index is 0.258. The summed E-state index contributed by atoms with van der Waals surface area (Å²) < 4.78 is 24.3. The highest BCUT2D eigenvalue weighted by Gasteiger charge is 2.19. The van der Waals surface area contributed by atoms with Crippen molar-refractivity contribution in [2.75, 3.05) is 0 Å². The van der Waals surface area contributed by atoms with Crippen molar-refractivity contribution < 1.29 is 13.3 Å². The lowest BCUT2D eigenvalue weighted by Gasteiger charge is -2.04. The standard InChI is InChI=1S/C14H11Cl2N3O4S/c1-9-2-4-11(7-14(9)19(20)21)24(22,23)18-17-8-10-3-5-12(15)13(16)6-10/h2-8,18H,1H3/b17-8-. The molecule has 2 aromatic carbocycles. The molecule has 7 nitrogen and oxygen atoms in total. The van der Waals surface area contributed by atoms with Crippen LogP contribution >= 0.6 is 23.2 Å². The summed E-state index contributed by atoms with van der Waals surface area (Å²) in [5.41, 5.74) is 0.603. The molecule has 0 heterocycles. The van der Waals surface area contributed by atoms with Crippen LogP contribution in [0, 0.1) is 17.0 Å². The number of halogens is 2. The number of nitro benzene ring substituents is 1. The fraction of sp³-hybridized carbons (Fsp3) is 0.0714. The molecule has 126 valence electrons. The largest absolute Gasteiger partial charge is 0.276 e. The minimum atomic E-state index is -4.03. The summed E-state index contributed by atoms with van der Waals surface area (Å²) >= 11 is 11.6. The highest BCUT2D eigenvalue weighted by molar-refractivity contribution is 7.89. The van der Waals surface area contributed by atoms with Crippen LogP contribution in [-0.4, -0.2) is 19.6 Å². The molecule has 2 rings (SSSR count). The molecule has 0 atom stereocenters. The molecule has 0 amide bonds. The van der Waals surface area contributed by atoms with E-state index in [1.54, 1.807) is 12.1 Å². The molecule has 0 unspecified atom stereocenters. The zero-order valence-electron chi connectivity index (χ0n) is 12.2. The average Bonchev–Trinajstić information content (AvgIpc) is 2.50. The lowest BCUT2D eigenvalue weighted by atomic mass is 10.2. The van der Waals surface area contributed by atoms with Crippen LogP contribution in [0.4, 0.5) is 5.69 Å². The molecule has 0 aromatic heterocycles. The van der Waals surface area contributed by atoms with Gasteiger partial charge in [-0.25, -0.2) is 4.83 Å². The molecular formula is C14H11Cl2N3O4S. The Morgan fingerprint density at radius 1 is 1.17 bits per heavy atom. The van der Waals surface area contributed by atoms with Gasteiger partial charge in [-0.3, -0.25) is 10.1 Å². The van der Waals surface area contributed by atoms with Crippen molar-refractivity contribution in [1.29, 1.82) is 0 Å². The maximum Gasteiger partial charge on any atom is 0.276 e. The minimum Gasteiger partial charge on any atom is -0.258 e.